The molecule has 6 fully saturated rings. The number of rotatable bonds is 1. The molecule has 0 amide bonds. The van der Waals surface area contributed by atoms with Crippen LogP contribution in [0, 0.1) is 11.8 Å². The number of ether oxygens (including phenoxy) is 4. The third-order valence-corrected chi connectivity index (χ3v) is 5.93. The Bertz CT molecular complexity index is 368. The van der Waals surface area contributed by atoms with Gasteiger partial charge in [0.2, 0.25) is 0 Å². The van der Waals surface area contributed by atoms with Crippen LogP contribution >= 0.6 is 0 Å². The highest BCUT2D eigenvalue weighted by atomic mass is 16.7. The lowest BCUT2D eigenvalue weighted by Crippen LogP contribution is -2.64. The van der Waals surface area contributed by atoms with Crippen molar-refractivity contribution in [2.24, 2.45) is 11.8 Å². The highest BCUT2D eigenvalue weighted by molar-refractivity contribution is 4.99. The molecule has 4 aliphatic heterocycles. The third kappa shape index (κ3) is 1.73. The van der Waals surface area contributed by atoms with Crippen LogP contribution in [0.25, 0.3) is 0 Å². The smallest absolute Gasteiger partial charge is 0.194 e. The van der Waals surface area contributed by atoms with Crippen molar-refractivity contribution in [2.45, 2.75) is 68.7 Å². The highest BCUT2D eigenvalue weighted by Crippen LogP contribution is 2.48. The number of hydrogen-bond acceptors (Lipinski definition) is 4. The largest absolute Gasteiger partial charge is 0.370 e. The first-order chi connectivity index (χ1) is 9.32. The molecule has 4 saturated heterocycles. The second kappa shape index (κ2) is 3.94. The van der Waals surface area contributed by atoms with E-state index >= 15 is 0 Å². The molecule has 6 aliphatic rings. The van der Waals surface area contributed by atoms with Gasteiger partial charge in [0.05, 0.1) is 31.5 Å². The number of fused-ring (bicyclic) bond motifs is 2. The van der Waals surface area contributed by atoms with E-state index in [1.807, 2.05) is 0 Å². The van der Waals surface area contributed by atoms with Crippen LogP contribution < -0.4 is 0 Å². The predicted octanol–water partition coefficient (Wildman–Crippen LogP) is 1.86. The van der Waals surface area contributed by atoms with Gasteiger partial charge in [0.25, 0.3) is 0 Å². The number of epoxide rings is 1. The van der Waals surface area contributed by atoms with Crippen molar-refractivity contribution in [1.82, 2.24) is 0 Å². The molecule has 4 heterocycles. The lowest BCUT2D eigenvalue weighted by molar-refractivity contribution is -0.389. The van der Waals surface area contributed by atoms with Crippen LogP contribution in [-0.4, -0.2) is 43.4 Å². The normalized spacial score (nSPS) is 59.4. The monoisotopic (exact) mass is 266 g/mol. The lowest BCUT2D eigenvalue weighted by Gasteiger charge is -2.55. The summed E-state index contributed by atoms with van der Waals surface area (Å²) in [4.78, 5) is 0. The Hall–Kier alpha value is -0.160. The summed E-state index contributed by atoms with van der Waals surface area (Å²) in [5.41, 5.74) is 0. The van der Waals surface area contributed by atoms with Crippen molar-refractivity contribution in [1.29, 1.82) is 0 Å². The van der Waals surface area contributed by atoms with E-state index < -0.39 is 5.79 Å². The quantitative estimate of drug-likeness (QED) is 0.679. The van der Waals surface area contributed by atoms with Crippen LogP contribution in [-0.2, 0) is 18.9 Å². The lowest BCUT2D eigenvalue weighted by atomic mass is 9.79. The average Bonchev–Trinajstić information content (AvgIpc) is 3.17. The fourth-order valence-electron chi connectivity index (χ4n) is 4.50. The van der Waals surface area contributed by atoms with Crippen LogP contribution in [0.4, 0.5) is 0 Å². The Kier molecular flexibility index (Phi) is 2.38. The van der Waals surface area contributed by atoms with Crippen LogP contribution in [0.1, 0.15) is 38.5 Å². The Morgan fingerprint density at radius 2 is 1.63 bits per heavy atom. The van der Waals surface area contributed by atoms with Gasteiger partial charge >= 0.3 is 0 Å². The summed E-state index contributed by atoms with van der Waals surface area (Å²) < 4.78 is 23.8. The Morgan fingerprint density at radius 3 is 2.32 bits per heavy atom. The zero-order chi connectivity index (χ0) is 12.4. The number of hydrogen-bond donors (Lipinski definition) is 0. The van der Waals surface area contributed by atoms with Crippen molar-refractivity contribution in [3.8, 4) is 0 Å². The van der Waals surface area contributed by atoms with Gasteiger partial charge in [-0.2, -0.15) is 0 Å². The first kappa shape index (κ1) is 11.5. The van der Waals surface area contributed by atoms with Gasteiger partial charge in [0, 0.05) is 18.8 Å². The molecule has 2 bridgehead atoms. The maximum absolute atomic E-state index is 6.18. The van der Waals surface area contributed by atoms with Crippen molar-refractivity contribution in [3.05, 3.63) is 0 Å². The minimum Gasteiger partial charge on any atom is -0.370 e. The highest BCUT2D eigenvalue weighted by Gasteiger charge is 2.56. The molecule has 1 spiro atoms. The summed E-state index contributed by atoms with van der Waals surface area (Å²) in [6.07, 6.45) is 8.83. The molecule has 5 atom stereocenters. The van der Waals surface area contributed by atoms with E-state index in [9.17, 15) is 0 Å². The standard InChI is InChI=1S/C15H22O4/c1-2-12-13(19-12)5-9(1)10-7-16-15(17-8-10)4-3-11-6-14(15)18-11/h9-14H,1-8H2. The molecule has 6 rings (SSSR count). The minimum atomic E-state index is -0.390. The van der Waals surface area contributed by atoms with Crippen molar-refractivity contribution in [3.63, 3.8) is 0 Å². The van der Waals surface area contributed by atoms with Gasteiger partial charge in [-0.15, -0.1) is 0 Å². The van der Waals surface area contributed by atoms with Gasteiger partial charge in [-0.05, 0) is 31.6 Å². The molecule has 19 heavy (non-hydrogen) atoms. The van der Waals surface area contributed by atoms with E-state index in [0.29, 0.717) is 24.2 Å². The van der Waals surface area contributed by atoms with E-state index in [-0.39, 0.29) is 6.10 Å². The Balaban J connectivity index is 1.23. The molecule has 0 aromatic rings. The molecular weight excluding hydrogens is 244 g/mol. The van der Waals surface area contributed by atoms with Crippen molar-refractivity contribution in [2.75, 3.05) is 13.2 Å². The first-order valence-corrected chi connectivity index (χ1v) is 7.91. The Labute approximate surface area is 113 Å². The van der Waals surface area contributed by atoms with Crippen LogP contribution in [0.2, 0.25) is 0 Å². The molecule has 2 saturated carbocycles. The van der Waals surface area contributed by atoms with Gasteiger partial charge in [-0.1, -0.05) is 0 Å². The predicted molar refractivity (Wildman–Crippen MR) is 66.6 cm³/mol. The van der Waals surface area contributed by atoms with Gasteiger partial charge < -0.3 is 18.9 Å². The Morgan fingerprint density at radius 1 is 0.789 bits per heavy atom. The molecule has 2 aliphatic carbocycles. The summed E-state index contributed by atoms with van der Waals surface area (Å²) >= 11 is 0. The maximum atomic E-state index is 6.18. The fraction of sp³-hybridized carbons (Fsp3) is 1.00. The molecule has 0 aromatic heterocycles. The van der Waals surface area contributed by atoms with Crippen LogP contribution in [0.5, 0.6) is 0 Å². The zero-order valence-electron chi connectivity index (χ0n) is 11.3. The van der Waals surface area contributed by atoms with Crippen molar-refractivity contribution < 1.29 is 18.9 Å². The molecule has 0 N–H and O–H groups in total. The fourth-order valence-corrected chi connectivity index (χ4v) is 4.50. The van der Waals surface area contributed by atoms with E-state index in [1.165, 1.54) is 19.3 Å². The molecular formula is C15H22O4. The van der Waals surface area contributed by atoms with Crippen molar-refractivity contribution >= 4 is 0 Å². The van der Waals surface area contributed by atoms with Crippen LogP contribution in [0.15, 0.2) is 0 Å². The van der Waals surface area contributed by atoms with E-state index in [4.69, 9.17) is 18.9 Å². The SMILES string of the molecule is C1CC2(OCC(C3CCC4OC4C3)CO2)C2CC1O2. The topological polar surface area (TPSA) is 40.2 Å². The maximum Gasteiger partial charge on any atom is 0.194 e. The third-order valence-electron chi connectivity index (χ3n) is 5.93. The molecule has 106 valence electrons. The van der Waals surface area contributed by atoms with E-state index in [2.05, 4.69) is 0 Å². The summed E-state index contributed by atoms with van der Waals surface area (Å²) in [5.74, 6) is 0.909. The molecule has 4 nitrogen and oxygen atoms in total. The van der Waals surface area contributed by atoms with Gasteiger partial charge in [-0.3, -0.25) is 0 Å². The molecule has 4 heteroatoms. The molecule has 0 radical (unpaired) electrons. The molecule has 0 aromatic carbocycles. The summed E-state index contributed by atoms with van der Waals surface area (Å²) in [6, 6.07) is 0. The van der Waals surface area contributed by atoms with Gasteiger partial charge in [0.1, 0.15) is 6.10 Å². The summed E-state index contributed by atoms with van der Waals surface area (Å²) in [7, 11) is 0. The van der Waals surface area contributed by atoms with Crippen LogP contribution in [0.3, 0.4) is 0 Å². The molecule has 5 unspecified atom stereocenters. The van der Waals surface area contributed by atoms with E-state index in [1.54, 1.807) is 0 Å². The average molecular weight is 266 g/mol. The summed E-state index contributed by atoms with van der Waals surface area (Å²) in [5, 5.41) is 0. The van der Waals surface area contributed by atoms with E-state index in [0.717, 1.165) is 38.4 Å². The zero-order valence-corrected chi connectivity index (χ0v) is 11.3. The second-order valence-electron chi connectivity index (χ2n) is 7.00. The first-order valence-electron chi connectivity index (χ1n) is 7.91. The summed E-state index contributed by atoms with van der Waals surface area (Å²) in [6.45, 7) is 1.71. The minimum absolute atomic E-state index is 0.203. The van der Waals surface area contributed by atoms with Gasteiger partial charge in [-0.25, -0.2) is 0 Å². The van der Waals surface area contributed by atoms with Gasteiger partial charge in [0.15, 0.2) is 5.79 Å². The second-order valence-corrected chi connectivity index (χ2v) is 7.00.